The smallest absolute Gasteiger partial charge is 0.0886 e. The van der Waals surface area contributed by atoms with Gasteiger partial charge in [-0.25, -0.2) is 0 Å². The van der Waals surface area contributed by atoms with Crippen LogP contribution in [0.15, 0.2) is 128 Å². The van der Waals surface area contributed by atoms with Gasteiger partial charge in [0.15, 0.2) is 0 Å². The van der Waals surface area contributed by atoms with Crippen LogP contribution in [0, 0.1) is 0 Å². The van der Waals surface area contributed by atoms with Crippen molar-refractivity contribution in [3.63, 3.8) is 0 Å². The molecule has 1 unspecified atom stereocenters. The van der Waals surface area contributed by atoms with E-state index in [9.17, 15) is 4.89 Å². The maximum Gasteiger partial charge on any atom is 0.0886 e. The molecule has 0 radical (unpaired) electrons. The van der Waals surface area contributed by atoms with Crippen LogP contribution in [0.2, 0.25) is 0 Å². The van der Waals surface area contributed by atoms with Crippen molar-refractivity contribution < 1.29 is 39.1 Å². The van der Waals surface area contributed by atoms with E-state index in [4.69, 9.17) is 4.52 Å². The number of benzene rings is 1. The van der Waals surface area contributed by atoms with Crippen LogP contribution in [0.25, 0.3) is 22.8 Å². The Balaban J connectivity index is 0.000000273. The van der Waals surface area contributed by atoms with Crippen molar-refractivity contribution in [2.45, 2.75) is 6.92 Å². The topological polar surface area (TPSA) is 81.0 Å². The van der Waals surface area contributed by atoms with Crippen LogP contribution in [0.4, 0.5) is 0 Å². The summed E-state index contributed by atoms with van der Waals surface area (Å²) in [7, 11) is 3.19. The first-order chi connectivity index (χ1) is 18.3. The number of pyridine rings is 4. The normalized spacial score (nSPS) is 10.0. The third-order valence-corrected chi connectivity index (χ3v) is 5.66. The second kappa shape index (κ2) is 21.3. The summed E-state index contributed by atoms with van der Waals surface area (Å²) in [5.41, 5.74) is 3.66. The molecular weight excluding hydrogens is 627 g/mol. The number of halogens is 2. The van der Waals surface area contributed by atoms with Crippen LogP contribution in [0.1, 0.15) is 6.92 Å². The molecule has 0 aliphatic rings. The van der Waals surface area contributed by atoms with Gasteiger partial charge < -0.3 is 21.8 Å². The molecule has 0 saturated carbocycles. The van der Waals surface area contributed by atoms with Crippen molar-refractivity contribution in [1.29, 1.82) is 0 Å². The molecule has 0 saturated heterocycles. The summed E-state index contributed by atoms with van der Waals surface area (Å²) in [6, 6.07) is 32.6. The molecule has 1 aromatic carbocycles. The Bertz CT molecular complexity index is 1070. The molecule has 198 valence electrons. The maximum atomic E-state index is 9.36. The van der Waals surface area contributed by atoms with Gasteiger partial charge in [-0.2, -0.15) is 0 Å². The van der Waals surface area contributed by atoms with E-state index < -0.39 is 8.38 Å². The molecule has 0 fully saturated rings. The fourth-order valence-corrected chi connectivity index (χ4v) is 3.63. The van der Waals surface area contributed by atoms with Crippen LogP contribution in [0.3, 0.4) is 0 Å². The van der Waals surface area contributed by atoms with Crippen molar-refractivity contribution in [1.82, 2.24) is 19.9 Å². The molecule has 0 spiro atoms. The monoisotopic (exact) mass is 654 g/mol. The fraction of sp³-hybridized carbons (Fsp3) is 0.0714. The summed E-state index contributed by atoms with van der Waals surface area (Å²) in [6.07, 6.45) is 7.07. The van der Waals surface area contributed by atoms with E-state index in [0.29, 0.717) is 6.61 Å². The summed E-state index contributed by atoms with van der Waals surface area (Å²) in [5, 5.41) is 0.865. The molecule has 4 heterocycles. The average molecular weight is 654 g/mol. The molecular formula is C28H27Cl2N4O2PRu. The van der Waals surface area contributed by atoms with Crippen LogP contribution < -0.4 is 17.7 Å². The number of hydrogen-bond acceptors (Lipinski definition) is 6. The molecule has 10 heteroatoms. The van der Waals surface area contributed by atoms with Gasteiger partial charge in [0.2, 0.25) is 8.38 Å². The first-order valence-corrected chi connectivity index (χ1v) is 14.7. The third kappa shape index (κ3) is 12.8. The van der Waals surface area contributed by atoms with Crippen molar-refractivity contribution in [3.05, 3.63) is 128 Å². The van der Waals surface area contributed by atoms with Crippen molar-refractivity contribution in [3.8, 4) is 22.8 Å². The van der Waals surface area contributed by atoms with Gasteiger partial charge in [-0.05, 0) is 67.6 Å². The summed E-state index contributed by atoms with van der Waals surface area (Å²) in [6.45, 7) is 2.42. The standard InChI is InChI=1S/2C10H8N2.C8H11O2P.2ClH.Ru/c2*1-3-7-11-9(5-1)10-6-2-4-8-12-10;1-2-10-11(9)8-6-4-3-5-7-8;;;/h2*1-8H;3-7,9H,2H2,1H3;2*1H;/q;;;;;+2/p-2. The molecule has 0 aliphatic heterocycles. The predicted octanol–water partition coefficient (Wildman–Crippen LogP) is 3.63. The van der Waals surface area contributed by atoms with Crippen LogP contribution in [-0.4, -0.2) is 31.4 Å². The summed E-state index contributed by atoms with van der Waals surface area (Å²) >= 11 is 1.82. The molecule has 1 N–H and O–H groups in total. The van der Waals surface area contributed by atoms with Crippen molar-refractivity contribution in [2.75, 3.05) is 6.61 Å². The Kier molecular flexibility index (Phi) is 18.7. The Morgan fingerprint density at radius 3 is 1.18 bits per heavy atom. The summed E-state index contributed by atoms with van der Waals surface area (Å²) < 4.78 is 5.05. The van der Waals surface area contributed by atoms with E-state index in [1.54, 1.807) is 24.8 Å². The number of rotatable bonds is 5. The minimum Gasteiger partial charge on any atom is -0.255 e. The maximum absolute atomic E-state index is 9.36. The molecule has 5 aromatic rings. The second-order valence-corrected chi connectivity index (χ2v) is 8.21. The molecule has 5 rings (SSSR count). The molecule has 38 heavy (non-hydrogen) atoms. The molecule has 0 amide bonds. The number of aromatic nitrogens is 4. The molecule has 1 atom stereocenters. The van der Waals surface area contributed by atoms with Gasteiger partial charge in [-0.15, -0.1) is 0 Å². The van der Waals surface area contributed by atoms with E-state index >= 15 is 0 Å². The Hall–Kier alpha value is -2.63. The Morgan fingerprint density at radius 1 is 0.605 bits per heavy atom. The number of nitrogens with zero attached hydrogens (tertiary/aromatic N) is 4. The molecule has 4 aromatic heterocycles. The predicted molar refractivity (Wildman–Crippen MR) is 148 cm³/mol. The van der Waals surface area contributed by atoms with Gasteiger partial charge in [0, 0.05) is 30.1 Å². The zero-order valence-electron chi connectivity index (χ0n) is 20.5. The SMILES string of the molecule is CCOP(O)c1ccccc1.[Cl-].[Cl][Ru+].c1ccc(-c2ccccn2)nc1.c1ccc(-c2ccccn2)nc1. The van der Waals surface area contributed by atoms with Crippen molar-refractivity contribution >= 4 is 23.4 Å². The zero-order valence-corrected chi connectivity index (χ0v) is 24.7. The second-order valence-electron chi connectivity index (χ2n) is 6.89. The Labute approximate surface area is 245 Å². The quantitative estimate of drug-likeness (QED) is 0.231. The van der Waals surface area contributed by atoms with Crippen LogP contribution in [-0.2, 0) is 21.8 Å². The average Bonchev–Trinajstić information content (AvgIpc) is 3.01. The fourth-order valence-electron chi connectivity index (χ4n) is 2.81. The molecule has 0 aliphatic carbocycles. The van der Waals surface area contributed by atoms with Gasteiger partial charge in [-0.3, -0.25) is 19.9 Å². The van der Waals surface area contributed by atoms with E-state index in [1.807, 2.05) is 127 Å². The van der Waals surface area contributed by atoms with E-state index in [0.717, 1.165) is 28.1 Å². The first-order valence-electron chi connectivity index (χ1n) is 11.2. The summed E-state index contributed by atoms with van der Waals surface area (Å²) in [4.78, 5) is 26.1. The largest absolute Gasteiger partial charge is 0.255 e. The first kappa shape index (κ1) is 33.4. The summed E-state index contributed by atoms with van der Waals surface area (Å²) in [5.74, 6) is 0. The van der Waals surface area contributed by atoms with E-state index in [1.165, 1.54) is 0 Å². The minimum atomic E-state index is -1.38. The van der Waals surface area contributed by atoms with Gasteiger partial charge in [0.05, 0.1) is 29.4 Å². The van der Waals surface area contributed by atoms with Gasteiger partial charge in [0.1, 0.15) is 0 Å². The third-order valence-electron chi connectivity index (χ3n) is 4.41. The Morgan fingerprint density at radius 2 is 0.921 bits per heavy atom. The molecule has 6 nitrogen and oxygen atoms in total. The molecule has 0 bridgehead atoms. The van der Waals surface area contributed by atoms with Crippen LogP contribution >= 0.6 is 18.1 Å². The van der Waals surface area contributed by atoms with Gasteiger partial charge in [0.25, 0.3) is 0 Å². The van der Waals surface area contributed by atoms with Crippen LogP contribution in [0.5, 0.6) is 0 Å². The van der Waals surface area contributed by atoms with Crippen molar-refractivity contribution in [2.24, 2.45) is 0 Å². The van der Waals surface area contributed by atoms with Gasteiger partial charge >= 0.3 is 27.0 Å². The van der Waals surface area contributed by atoms with Gasteiger partial charge in [-0.1, -0.05) is 42.5 Å². The van der Waals surface area contributed by atoms with E-state index in [-0.39, 0.29) is 12.4 Å². The van der Waals surface area contributed by atoms with E-state index in [2.05, 4.69) is 29.6 Å². The minimum absolute atomic E-state index is 0. The number of hydrogen-bond donors (Lipinski definition) is 1. The zero-order chi connectivity index (χ0) is 26.6.